The summed E-state index contributed by atoms with van der Waals surface area (Å²) in [5.74, 6) is 0.974. The number of rotatable bonds is 19. The molecule has 13 nitrogen and oxygen atoms in total. The number of Topliss-reactive ketones (excluding diaryl/α,β-unsaturated/α-hetero) is 1. The molecule has 7 rings (SSSR count). The van der Waals surface area contributed by atoms with Crippen molar-refractivity contribution in [3.05, 3.63) is 137 Å². The fraction of sp³-hybridized carbons (Fsp3) is 0.365. The van der Waals surface area contributed by atoms with Gasteiger partial charge < -0.3 is 30.3 Å². The Hall–Kier alpha value is -6.61. The summed E-state index contributed by atoms with van der Waals surface area (Å²) in [6.45, 7) is 12.8. The SMILES string of the molecule is C=C1CCC[C@H](N2Cc3c(OCc4ccc(CNC(=O)CCCCCOc5ccc(Nc6ncc(C)c(Nc7cccc(S(=O)(=O)CC(C)(C)C)c7)n6)cc5)cc4)cc(F)cc3C2=O)C(=O)C1. The molecule has 352 valence electrons. The van der Waals surface area contributed by atoms with Crippen LogP contribution in [0.2, 0.25) is 0 Å². The molecule has 2 aliphatic rings. The molecule has 0 saturated heterocycles. The zero-order chi connectivity index (χ0) is 47.7. The Labute approximate surface area is 392 Å². The van der Waals surface area contributed by atoms with Crippen molar-refractivity contribution in [3.8, 4) is 11.5 Å². The molecular formula is C52H59FN6O7S. The maximum absolute atomic E-state index is 14.7. The first-order valence-corrected chi connectivity index (χ1v) is 24.4. The van der Waals surface area contributed by atoms with Crippen molar-refractivity contribution in [2.75, 3.05) is 23.0 Å². The van der Waals surface area contributed by atoms with Crippen LogP contribution in [0.3, 0.4) is 0 Å². The van der Waals surface area contributed by atoms with Crippen LogP contribution in [0.5, 0.6) is 11.5 Å². The molecule has 1 aliphatic carbocycles. The predicted molar refractivity (Wildman–Crippen MR) is 257 cm³/mol. The van der Waals surface area contributed by atoms with E-state index in [9.17, 15) is 27.2 Å². The summed E-state index contributed by atoms with van der Waals surface area (Å²) in [6, 6.07) is 23.8. The minimum Gasteiger partial charge on any atom is -0.494 e. The molecule has 2 amide bonds. The van der Waals surface area contributed by atoms with Gasteiger partial charge in [-0.2, -0.15) is 4.98 Å². The number of hydrogen-bond acceptors (Lipinski definition) is 11. The third-order valence-corrected chi connectivity index (χ3v) is 13.8. The largest absolute Gasteiger partial charge is 0.494 e. The number of ether oxygens (including phenoxy) is 2. The number of amides is 2. The van der Waals surface area contributed by atoms with E-state index in [1.807, 2.05) is 76.2 Å². The van der Waals surface area contributed by atoms with Gasteiger partial charge in [-0.25, -0.2) is 17.8 Å². The van der Waals surface area contributed by atoms with E-state index in [1.165, 1.54) is 12.1 Å². The number of allylic oxidation sites excluding steroid dienone is 1. The van der Waals surface area contributed by atoms with Gasteiger partial charge in [0.2, 0.25) is 11.9 Å². The van der Waals surface area contributed by atoms with E-state index in [0.717, 1.165) is 60.1 Å². The number of nitrogens with zero attached hydrogens (tertiary/aromatic N) is 3. The fourth-order valence-electron chi connectivity index (χ4n) is 8.14. The highest BCUT2D eigenvalue weighted by Gasteiger charge is 2.39. The Morgan fingerprint density at radius 3 is 2.45 bits per heavy atom. The molecule has 3 N–H and O–H groups in total. The lowest BCUT2D eigenvalue weighted by molar-refractivity contribution is -0.123. The molecule has 15 heteroatoms. The lowest BCUT2D eigenvalue weighted by Crippen LogP contribution is -2.40. The number of ketones is 1. The molecule has 2 heterocycles. The molecule has 0 radical (unpaired) electrons. The first-order valence-electron chi connectivity index (χ1n) is 22.7. The summed E-state index contributed by atoms with van der Waals surface area (Å²) >= 11 is 0. The number of carbonyl (C=O) groups excluding carboxylic acids is 3. The van der Waals surface area contributed by atoms with Crippen LogP contribution in [0.1, 0.15) is 105 Å². The van der Waals surface area contributed by atoms with E-state index in [4.69, 9.17) is 9.47 Å². The number of sulfone groups is 1. The maximum atomic E-state index is 14.7. The number of hydrogen-bond donors (Lipinski definition) is 3. The van der Waals surface area contributed by atoms with Crippen molar-refractivity contribution < 1.29 is 36.7 Å². The maximum Gasteiger partial charge on any atom is 0.255 e. The van der Waals surface area contributed by atoms with Crippen LogP contribution < -0.4 is 25.4 Å². The van der Waals surface area contributed by atoms with Crippen LogP contribution in [0.4, 0.5) is 27.5 Å². The Morgan fingerprint density at radius 1 is 0.925 bits per heavy atom. The van der Waals surface area contributed by atoms with Crippen molar-refractivity contribution in [1.29, 1.82) is 0 Å². The first-order chi connectivity index (χ1) is 32.0. The summed E-state index contributed by atoms with van der Waals surface area (Å²) in [7, 11) is -3.46. The lowest BCUT2D eigenvalue weighted by atomic mass is 10.0. The number of anilines is 4. The van der Waals surface area contributed by atoms with E-state index < -0.39 is 21.7 Å². The number of fused-ring (bicyclic) bond motifs is 1. The minimum atomic E-state index is -3.46. The monoisotopic (exact) mass is 930 g/mol. The standard InChI is InChI=1S/C52H59FN6O7S/c1-34-11-9-14-45(46(60)25-34)59-31-44-43(50(59)62)26-38(53)27-47(44)66-32-37-18-16-36(17-19-37)30-54-48(61)15-7-6-8-24-65-41-22-20-39(21-23-41)57-51-55-29-35(2)49(58-51)56-40-12-10-13-42(28-40)67(63,64)33-52(3,4)5/h10,12-13,16-23,26-29,45H,1,6-9,11,14-15,24-25,30-33H2,2-5H3,(H,54,61)(H2,55,56,57,58)/t45-/m0/s1. The first kappa shape index (κ1) is 48.3. The van der Waals surface area contributed by atoms with Crippen LogP contribution >= 0.6 is 0 Å². The van der Waals surface area contributed by atoms with Crippen LogP contribution in [0.25, 0.3) is 0 Å². The van der Waals surface area contributed by atoms with Crippen LogP contribution in [-0.4, -0.2) is 59.3 Å². The van der Waals surface area contributed by atoms with Gasteiger partial charge in [-0.3, -0.25) is 14.4 Å². The van der Waals surface area contributed by atoms with E-state index in [1.54, 1.807) is 35.4 Å². The highest BCUT2D eigenvalue weighted by atomic mass is 32.2. The molecule has 0 spiro atoms. The van der Waals surface area contributed by atoms with Gasteiger partial charge in [0.1, 0.15) is 29.7 Å². The molecule has 1 aliphatic heterocycles. The lowest BCUT2D eigenvalue weighted by Gasteiger charge is -2.25. The predicted octanol–water partition coefficient (Wildman–Crippen LogP) is 10.1. The average molecular weight is 931 g/mol. The fourth-order valence-corrected chi connectivity index (χ4v) is 10.0. The minimum absolute atomic E-state index is 0.0315. The van der Waals surface area contributed by atoms with E-state index in [0.29, 0.717) is 54.8 Å². The summed E-state index contributed by atoms with van der Waals surface area (Å²) in [5, 5.41) is 9.43. The summed E-state index contributed by atoms with van der Waals surface area (Å²) in [4.78, 5) is 49.7. The molecule has 4 aromatic carbocycles. The molecule has 1 saturated carbocycles. The molecular weight excluding hydrogens is 872 g/mol. The highest BCUT2D eigenvalue weighted by Crippen LogP contribution is 2.36. The number of aromatic nitrogens is 2. The Morgan fingerprint density at radius 2 is 1.69 bits per heavy atom. The van der Waals surface area contributed by atoms with Crippen molar-refractivity contribution in [2.24, 2.45) is 5.41 Å². The quantitative estimate of drug-likeness (QED) is 0.0409. The van der Waals surface area contributed by atoms with Crippen LogP contribution in [0.15, 0.2) is 108 Å². The molecule has 0 unspecified atom stereocenters. The number of unbranched alkanes of at least 4 members (excludes halogenated alkanes) is 2. The van der Waals surface area contributed by atoms with Crippen molar-refractivity contribution in [1.82, 2.24) is 20.2 Å². The van der Waals surface area contributed by atoms with Crippen LogP contribution in [0, 0.1) is 18.2 Å². The molecule has 1 aromatic heterocycles. The third kappa shape index (κ3) is 13.3. The van der Waals surface area contributed by atoms with E-state index in [2.05, 4.69) is 32.5 Å². The second kappa shape index (κ2) is 21.3. The number of nitrogens with one attached hydrogen (secondary N) is 3. The van der Waals surface area contributed by atoms with Gasteiger partial charge in [0.05, 0.1) is 35.4 Å². The van der Waals surface area contributed by atoms with Gasteiger partial charge in [0.15, 0.2) is 15.6 Å². The van der Waals surface area contributed by atoms with Gasteiger partial charge in [0, 0.05) is 54.2 Å². The second-order valence-corrected chi connectivity index (χ2v) is 20.5. The molecule has 1 fully saturated rings. The zero-order valence-electron chi connectivity index (χ0n) is 38.6. The third-order valence-electron chi connectivity index (χ3n) is 11.6. The Balaban J connectivity index is 0.789. The van der Waals surface area contributed by atoms with Crippen molar-refractivity contribution in [2.45, 2.75) is 110 Å². The highest BCUT2D eigenvalue weighted by molar-refractivity contribution is 7.91. The Kier molecular flexibility index (Phi) is 15.4. The van der Waals surface area contributed by atoms with Gasteiger partial charge in [-0.1, -0.05) is 63.3 Å². The number of benzene rings is 4. The number of halogens is 1. The van der Waals surface area contributed by atoms with Crippen LogP contribution in [-0.2, 0) is 39.1 Å². The molecule has 0 bridgehead atoms. The normalized spacial score (nSPS) is 15.2. The van der Waals surface area contributed by atoms with E-state index in [-0.39, 0.29) is 64.5 Å². The molecule has 1 atom stereocenters. The van der Waals surface area contributed by atoms with Gasteiger partial charge >= 0.3 is 0 Å². The van der Waals surface area contributed by atoms with Crippen molar-refractivity contribution in [3.63, 3.8) is 0 Å². The summed E-state index contributed by atoms with van der Waals surface area (Å²) in [5.41, 5.74) is 5.26. The van der Waals surface area contributed by atoms with Gasteiger partial charge in [-0.15, -0.1) is 0 Å². The number of carbonyl (C=O) groups is 3. The summed E-state index contributed by atoms with van der Waals surface area (Å²) in [6.07, 6.45) is 6.78. The number of aryl methyl sites for hydroxylation is 1. The van der Waals surface area contributed by atoms with E-state index >= 15 is 0 Å². The molecule has 67 heavy (non-hydrogen) atoms. The summed E-state index contributed by atoms with van der Waals surface area (Å²) < 4.78 is 52.6. The molecule has 5 aromatic rings. The smallest absolute Gasteiger partial charge is 0.255 e. The van der Waals surface area contributed by atoms with Gasteiger partial charge in [0.25, 0.3) is 5.91 Å². The average Bonchev–Trinajstić information content (AvgIpc) is 3.50. The zero-order valence-corrected chi connectivity index (χ0v) is 39.4. The topological polar surface area (TPSA) is 169 Å². The van der Waals surface area contributed by atoms with Crippen molar-refractivity contribution >= 4 is 50.6 Å². The second-order valence-electron chi connectivity index (χ2n) is 18.6. The van der Waals surface area contributed by atoms with Gasteiger partial charge in [-0.05, 0) is 111 Å². The Bertz CT molecular complexity index is 2720.